The number of hydrogen-bond acceptors (Lipinski definition) is 4. The van der Waals surface area contributed by atoms with Crippen LogP contribution in [0, 0.1) is 0 Å². The topological polar surface area (TPSA) is 81.4 Å². The van der Waals surface area contributed by atoms with Crippen molar-refractivity contribution in [2.45, 2.75) is 11.4 Å². The van der Waals surface area contributed by atoms with Crippen LogP contribution >= 0.6 is 23.2 Å². The van der Waals surface area contributed by atoms with Crippen LogP contribution in [-0.2, 0) is 16.6 Å². The van der Waals surface area contributed by atoms with E-state index in [0.29, 0.717) is 5.75 Å². The van der Waals surface area contributed by atoms with Crippen molar-refractivity contribution in [3.05, 3.63) is 82.3 Å². The van der Waals surface area contributed by atoms with Gasteiger partial charge in [0.25, 0.3) is 0 Å². The molecular weight excluding hydrogens is 407 g/mol. The van der Waals surface area contributed by atoms with E-state index in [0.717, 1.165) is 11.3 Å². The molecule has 0 radical (unpaired) electrons. The van der Waals surface area contributed by atoms with Crippen LogP contribution in [0.4, 0.5) is 5.69 Å². The molecule has 0 saturated carbocycles. The van der Waals surface area contributed by atoms with E-state index in [4.69, 9.17) is 33.7 Å². The minimum atomic E-state index is -3.89. The van der Waals surface area contributed by atoms with Gasteiger partial charge in [-0.15, -0.1) is 0 Å². The molecule has 0 saturated heterocycles. The third kappa shape index (κ3) is 4.93. The van der Waals surface area contributed by atoms with Gasteiger partial charge in [-0.3, -0.25) is 0 Å². The lowest BCUT2D eigenvalue weighted by atomic mass is 10.2. The minimum Gasteiger partial charge on any atom is -0.457 e. The van der Waals surface area contributed by atoms with Crippen molar-refractivity contribution in [3.63, 3.8) is 0 Å². The van der Waals surface area contributed by atoms with Crippen LogP contribution < -0.4 is 15.2 Å². The summed E-state index contributed by atoms with van der Waals surface area (Å²) in [7, 11) is -3.89. The van der Waals surface area contributed by atoms with E-state index in [1.54, 1.807) is 24.3 Å². The van der Waals surface area contributed by atoms with Crippen LogP contribution in [0.2, 0.25) is 10.0 Å². The maximum absolute atomic E-state index is 12.5. The number of para-hydroxylation sites is 1. The molecule has 0 aliphatic carbocycles. The lowest BCUT2D eigenvalue weighted by Crippen LogP contribution is -2.24. The lowest BCUT2D eigenvalue weighted by molar-refractivity contribution is 0.482. The largest absolute Gasteiger partial charge is 0.457 e. The first-order valence-electron chi connectivity index (χ1n) is 7.91. The molecular formula is C19H16Cl2N2O3S. The van der Waals surface area contributed by atoms with Gasteiger partial charge < -0.3 is 10.5 Å². The molecule has 3 aromatic carbocycles. The number of rotatable bonds is 6. The van der Waals surface area contributed by atoms with Crippen LogP contribution in [0.15, 0.2) is 71.6 Å². The Hall–Kier alpha value is -2.25. The third-order valence-corrected chi connectivity index (χ3v) is 5.82. The molecule has 0 unspecified atom stereocenters. The molecule has 8 heteroatoms. The second-order valence-electron chi connectivity index (χ2n) is 5.69. The van der Waals surface area contributed by atoms with E-state index in [1.165, 1.54) is 12.1 Å². The lowest BCUT2D eigenvalue weighted by Gasteiger charge is -2.12. The number of ether oxygens (including phenoxy) is 1. The Labute approximate surface area is 167 Å². The molecule has 0 heterocycles. The summed E-state index contributed by atoms with van der Waals surface area (Å²) in [4.78, 5) is -0.183. The fraction of sp³-hybridized carbons (Fsp3) is 0.0526. The molecule has 0 aromatic heterocycles. The summed E-state index contributed by atoms with van der Waals surface area (Å²) in [5.74, 6) is 1.37. The number of sulfonamides is 1. The summed E-state index contributed by atoms with van der Waals surface area (Å²) in [6, 6.07) is 19.1. The van der Waals surface area contributed by atoms with Gasteiger partial charge in [-0.05, 0) is 42.0 Å². The van der Waals surface area contributed by atoms with E-state index in [1.807, 2.05) is 30.3 Å². The minimum absolute atomic E-state index is 0.00777. The Morgan fingerprint density at radius 1 is 0.926 bits per heavy atom. The van der Waals surface area contributed by atoms with Crippen LogP contribution in [0.5, 0.6) is 11.5 Å². The molecule has 0 bridgehead atoms. The Morgan fingerprint density at radius 3 is 2.19 bits per heavy atom. The standard InChI is InChI=1S/C19H16Cl2N2O3S/c20-14-10-17(21)19(18(22)11-14)27(24,25)23-12-13-6-8-16(9-7-13)26-15-4-2-1-3-5-15/h1-11,23H,12,22H2. The van der Waals surface area contributed by atoms with Crippen LogP contribution in [0.25, 0.3) is 0 Å². The summed E-state index contributed by atoms with van der Waals surface area (Å²) in [6.07, 6.45) is 0. The van der Waals surface area contributed by atoms with E-state index in [-0.39, 0.29) is 27.2 Å². The Balaban J connectivity index is 1.69. The molecule has 3 N–H and O–H groups in total. The maximum Gasteiger partial charge on any atom is 0.244 e. The molecule has 0 atom stereocenters. The van der Waals surface area contributed by atoms with E-state index < -0.39 is 10.0 Å². The zero-order valence-corrected chi connectivity index (χ0v) is 16.4. The highest BCUT2D eigenvalue weighted by molar-refractivity contribution is 7.89. The molecule has 3 aromatic rings. The van der Waals surface area contributed by atoms with E-state index in [9.17, 15) is 8.42 Å². The molecule has 140 valence electrons. The number of anilines is 1. The monoisotopic (exact) mass is 422 g/mol. The normalized spacial score (nSPS) is 11.3. The van der Waals surface area contributed by atoms with Crippen molar-refractivity contribution < 1.29 is 13.2 Å². The molecule has 3 rings (SSSR count). The van der Waals surface area contributed by atoms with Gasteiger partial charge in [-0.25, -0.2) is 13.1 Å². The highest BCUT2D eigenvalue weighted by Crippen LogP contribution is 2.31. The van der Waals surface area contributed by atoms with Crippen molar-refractivity contribution in [2.24, 2.45) is 0 Å². The second kappa shape index (κ2) is 8.19. The zero-order chi connectivity index (χ0) is 19.4. The van der Waals surface area contributed by atoms with E-state index >= 15 is 0 Å². The predicted octanol–water partition coefficient (Wildman–Crippen LogP) is 4.85. The average molecular weight is 423 g/mol. The first kappa shape index (κ1) is 19.5. The third-order valence-electron chi connectivity index (χ3n) is 3.67. The fourth-order valence-corrected chi connectivity index (χ4v) is 4.41. The Morgan fingerprint density at radius 2 is 1.56 bits per heavy atom. The van der Waals surface area contributed by atoms with Gasteiger partial charge >= 0.3 is 0 Å². The maximum atomic E-state index is 12.5. The first-order chi connectivity index (χ1) is 12.8. The molecule has 0 aliphatic rings. The van der Waals surface area contributed by atoms with Gasteiger partial charge in [0.15, 0.2) is 0 Å². The zero-order valence-electron chi connectivity index (χ0n) is 14.0. The smallest absolute Gasteiger partial charge is 0.244 e. The Bertz CT molecular complexity index is 1020. The van der Waals surface area contributed by atoms with Crippen LogP contribution in [0.1, 0.15) is 5.56 Å². The van der Waals surface area contributed by atoms with Gasteiger partial charge in [0.05, 0.1) is 10.7 Å². The van der Waals surface area contributed by atoms with E-state index in [2.05, 4.69) is 4.72 Å². The van der Waals surface area contributed by atoms with Gasteiger partial charge in [-0.1, -0.05) is 53.5 Å². The first-order valence-corrected chi connectivity index (χ1v) is 10.1. The van der Waals surface area contributed by atoms with Crippen LogP contribution in [0.3, 0.4) is 0 Å². The molecule has 27 heavy (non-hydrogen) atoms. The molecule has 5 nitrogen and oxygen atoms in total. The number of hydrogen-bond donors (Lipinski definition) is 2. The summed E-state index contributed by atoms with van der Waals surface area (Å²) in [6.45, 7) is 0.0757. The van der Waals surface area contributed by atoms with Crippen molar-refractivity contribution >= 4 is 38.9 Å². The van der Waals surface area contributed by atoms with Crippen molar-refractivity contribution in [2.75, 3.05) is 5.73 Å². The molecule has 0 amide bonds. The van der Waals surface area contributed by atoms with Crippen molar-refractivity contribution in [1.29, 1.82) is 0 Å². The SMILES string of the molecule is Nc1cc(Cl)cc(Cl)c1S(=O)(=O)NCc1ccc(Oc2ccccc2)cc1. The van der Waals surface area contributed by atoms with Crippen molar-refractivity contribution in [1.82, 2.24) is 4.72 Å². The number of halogens is 2. The number of nitrogens with one attached hydrogen (secondary N) is 1. The number of benzene rings is 3. The Kier molecular flexibility index (Phi) is 5.92. The number of nitrogen functional groups attached to an aromatic ring is 1. The summed E-state index contributed by atoms with van der Waals surface area (Å²) in [5.41, 5.74) is 6.51. The van der Waals surface area contributed by atoms with Crippen molar-refractivity contribution in [3.8, 4) is 11.5 Å². The molecule has 0 spiro atoms. The highest BCUT2D eigenvalue weighted by atomic mass is 35.5. The van der Waals surface area contributed by atoms with Crippen LogP contribution in [-0.4, -0.2) is 8.42 Å². The highest BCUT2D eigenvalue weighted by Gasteiger charge is 2.21. The number of nitrogens with two attached hydrogens (primary N) is 1. The van der Waals surface area contributed by atoms with Gasteiger partial charge in [0.2, 0.25) is 10.0 Å². The van der Waals surface area contributed by atoms with Gasteiger partial charge in [-0.2, -0.15) is 0 Å². The molecule has 0 fully saturated rings. The summed E-state index contributed by atoms with van der Waals surface area (Å²) < 4.78 is 33.2. The quantitative estimate of drug-likeness (QED) is 0.556. The van der Waals surface area contributed by atoms with Gasteiger partial charge in [0, 0.05) is 11.6 Å². The predicted molar refractivity (Wildman–Crippen MR) is 108 cm³/mol. The summed E-state index contributed by atoms with van der Waals surface area (Å²) >= 11 is 11.8. The van der Waals surface area contributed by atoms with Gasteiger partial charge in [0.1, 0.15) is 16.4 Å². The molecule has 0 aliphatic heterocycles. The second-order valence-corrected chi connectivity index (χ2v) is 8.24. The summed E-state index contributed by atoms with van der Waals surface area (Å²) in [5, 5.41) is 0.240. The fourth-order valence-electron chi connectivity index (χ4n) is 2.41. The average Bonchev–Trinajstić information content (AvgIpc) is 2.61.